The fourth-order valence-corrected chi connectivity index (χ4v) is 2.20. The van der Waals surface area contributed by atoms with Gasteiger partial charge in [-0.25, -0.2) is 9.48 Å². The molecule has 1 aromatic heterocycles. The van der Waals surface area contributed by atoms with Crippen LogP contribution in [-0.2, 0) is 17.4 Å². The number of β-amino-alcohol motifs (C(OH)–C–C–N with tert-alkyl or cyclic N) is 1. The predicted molar refractivity (Wildman–Crippen MR) is 67.3 cm³/mol. The topological polar surface area (TPSA) is 80.5 Å². The Morgan fingerprint density at radius 1 is 1.53 bits per heavy atom. The van der Waals surface area contributed by atoms with Crippen LogP contribution in [0.25, 0.3) is 0 Å². The summed E-state index contributed by atoms with van der Waals surface area (Å²) in [7, 11) is 1.72. The van der Waals surface area contributed by atoms with Crippen molar-refractivity contribution < 1.29 is 14.6 Å². The lowest BCUT2D eigenvalue weighted by molar-refractivity contribution is 0.0113. The van der Waals surface area contributed by atoms with E-state index in [2.05, 4.69) is 10.3 Å². The summed E-state index contributed by atoms with van der Waals surface area (Å²) in [4.78, 5) is 13.5. The van der Waals surface area contributed by atoms with Crippen LogP contribution >= 0.6 is 0 Å². The van der Waals surface area contributed by atoms with Gasteiger partial charge in [0, 0.05) is 20.0 Å². The molecule has 0 spiro atoms. The van der Waals surface area contributed by atoms with Gasteiger partial charge in [-0.2, -0.15) is 0 Å². The van der Waals surface area contributed by atoms with Crippen LogP contribution in [0, 0.1) is 0 Å². The summed E-state index contributed by atoms with van der Waals surface area (Å²) in [6, 6.07) is 0. The summed E-state index contributed by atoms with van der Waals surface area (Å²) in [5.74, 6) is 0. The summed E-state index contributed by atoms with van der Waals surface area (Å²) in [6.07, 6.45) is 1.57. The lowest BCUT2D eigenvalue weighted by Gasteiger charge is -2.26. The minimum absolute atomic E-state index is 0.198. The van der Waals surface area contributed by atoms with Gasteiger partial charge in [0.1, 0.15) is 11.2 Å². The summed E-state index contributed by atoms with van der Waals surface area (Å²) in [5, 5.41) is 18.2. The first-order chi connectivity index (χ1) is 8.71. The van der Waals surface area contributed by atoms with E-state index in [1.807, 2.05) is 20.8 Å². The standard InChI is InChI=1S/C12H20N4O3/c1-11(2,3)19-10(17)16-6-5-12(18,8-16)9-7-13-14-15(9)4/h7,18H,5-6,8H2,1-4H3. The fourth-order valence-electron chi connectivity index (χ4n) is 2.20. The molecule has 1 fully saturated rings. The number of hydrogen-bond acceptors (Lipinski definition) is 5. The van der Waals surface area contributed by atoms with Crippen molar-refractivity contribution in [3.8, 4) is 0 Å². The maximum atomic E-state index is 12.0. The fraction of sp³-hybridized carbons (Fsp3) is 0.750. The van der Waals surface area contributed by atoms with E-state index < -0.39 is 17.3 Å². The second-order valence-corrected chi connectivity index (χ2v) is 5.93. The molecule has 19 heavy (non-hydrogen) atoms. The van der Waals surface area contributed by atoms with E-state index in [0.29, 0.717) is 18.7 Å². The van der Waals surface area contributed by atoms with Gasteiger partial charge in [0.25, 0.3) is 0 Å². The number of aromatic nitrogens is 3. The first-order valence-corrected chi connectivity index (χ1v) is 6.27. The zero-order chi connectivity index (χ0) is 14.3. The zero-order valence-electron chi connectivity index (χ0n) is 11.8. The summed E-state index contributed by atoms with van der Waals surface area (Å²) in [6.45, 7) is 6.11. The minimum atomic E-state index is -1.10. The highest BCUT2D eigenvalue weighted by Crippen LogP contribution is 2.31. The molecule has 106 valence electrons. The van der Waals surface area contributed by atoms with Gasteiger partial charge < -0.3 is 14.7 Å². The van der Waals surface area contributed by atoms with E-state index in [-0.39, 0.29) is 6.54 Å². The van der Waals surface area contributed by atoms with Crippen LogP contribution in [0.4, 0.5) is 4.79 Å². The molecule has 1 aliphatic heterocycles. The number of carbonyl (C=O) groups excluding carboxylic acids is 1. The van der Waals surface area contributed by atoms with Crippen LogP contribution < -0.4 is 0 Å². The van der Waals surface area contributed by atoms with Gasteiger partial charge in [-0.05, 0) is 20.8 Å². The van der Waals surface area contributed by atoms with Crippen LogP contribution in [-0.4, -0.2) is 49.8 Å². The normalized spacial score (nSPS) is 23.7. The van der Waals surface area contributed by atoms with E-state index in [4.69, 9.17) is 4.74 Å². The number of carbonyl (C=O) groups is 1. The molecule has 0 radical (unpaired) electrons. The van der Waals surface area contributed by atoms with Gasteiger partial charge in [-0.15, -0.1) is 5.10 Å². The van der Waals surface area contributed by atoms with E-state index >= 15 is 0 Å². The van der Waals surface area contributed by atoms with Crippen molar-refractivity contribution in [3.05, 3.63) is 11.9 Å². The maximum absolute atomic E-state index is 12.0. The summed E-state index contributed by atoms with van der Waals surface area (Å²) < 4.78 is 6.83. The monoisotopic (exact) mass is 268 g/mol. The molecule has 1 saturated heterocycles. The van der Waals surface area contributed by atoms with E-state index in [1.165, 1.54) is 15.8 Å². The van der Waals surface area contributed by atoms with Gasteiger partial charge in [0.15, 0.2) is 0 Å². The number of aliphatic hydroxyl groups is 1. The average Bonchev–Trinajstić information content (AvgIpc) is 2.83. The van der Waals surface area contributed by atoms with Crippen LogP contribution in [0.15, 0.2) is 6.20 Å². The Balaban J connectivity index is 2.08. The molecule has 0 saturated carbocycles. The molecule has 0 aromatic carbocycles. The summed E-state index contributed by atoms with van der Waals surface area (Å²) in [5.41, 5.74) is -1.03. The van der Waals surface area contributed by atoms with Crippen molar-refractivity contribution in [1.82, 2.24) is 19.9 Å². The van der Waals surface area contributed by atoms with Crippen LogP contribution in [0.2, 0.25) is 0 Å². The number of rotatable bonds is 1. The Labute approximate surface area is 112 Å². The molecule has 0 aliphatic carbocycles. The number of ether oxygens (including phenoxy) is 1. The molecular weight excluding hydrogens is 248 g/mol. The third kappa shape index (κ3) is 2.86. The minimum Gasteiger partial charge on any atom is -0.444 e. The lowest BCUT2D eigenvalue weighted by Crippen LogP contribution is -2.38. The molecule has 1 unspecified atom stereocenters. The Bertz CT molecular complexity index is 480. The van der Waals surface area contributed by atoms with Gasteiger partial charge in [0.05, 0.1) is 18.4 Å². The molecule has 7 nitrogen and oxygen atoms in total. The van der Waals surface area contributed by atoms with Crippen LogP contribution in [0.1, 0.15) is 32.9 Å². The second-order valence-electron chi connectivity index (χ2n) is 5.93. The van der Waals surface area contributed by atoms with E-state index in [9.17, 15) is 9.90 Å². The Kier molecular flexibility index (Phi) is 3.25. The molecule has 0 bridgehead atoms. The van der Waals surface area contributed by atoms with Crippen molar-refractivity contribution >= 4 is 6.09 Å². The quantitative estimate of drug-likeness (QED) is 0.808. The average molecular weight is 268 g/mol. The molecule has 2 heterocycles. The maximum Gasteiger partial charge on any atom is 0.410 e. The SMILES string of the molecule is Cn1nncc1C1(O)CCN(C(=O)OC(C)(C)C)C1. The van der Waals surface area contributed by atoms with Crippen LogP contribution in [0.3, 0.4) is 0 Å². The zero-order valence-corrected chi connectivity index (χ0v) is 11.8. The smallest absolute Gasteiger partial charge is 0.410 e. The molecular formula is C12H20N4O3. The number of aryl methyl sites for hydroxylation is 1. The van der Waals surface area contributed by atoms with E-state index in [0.717, 1.165) is 0 Å². The Morgan fingerprint density at radius 3 is 2.74 bits per heavy atom. The second kappa shape index (κ2) is 4.48. The first kappa shape index (κ1) is 13.8. The third-order valence-corrected chi connectivity index (χ3v) is 3.09. The van der Waals surface area contributed by atoms with Crippen molar-refractivity contribution in [2.75, 3.05) is 13.1 Å². The van der Waals surface area contributed by atoms with Gasteiger partial charge in [-0.3, -0.25) is 0 Å². The van der Waals surface area contributed by atoms with Gasteiger partial charge in [0.2, 0.25) is 0 Å². The number of nitrogens with zero attached hydrogens (tertiary/aromatic N) is 4. The third-order valence-electron chi connectivity index (χ3n) is 3.09. The van der Waals surface area contributed by atoms with Gasteiger partial charge in [-0.1, -0.05) is 5.21 Å². The lowest BCUT2D eigenvalue weighted by atomic mass is 10.00. The molecule has 1 N–H and O–H groups in total. The largest absolute Gasteiger partial charge is 0.444 e. The van der Waals surface area contributed by atoms with Gasteiger partial charge >= 0.3 is 6.09 Å². The molecule has 2 rings (SSSR count). The summed E-state index contributed by atoms with van der Waals surface area (Å²) >= 11 is 0. The predicted octanol–water partition coefficient (Wildman–Crippen LogP) is 0.643. The number of hydrogen-bond donors (Lipinski definition) is 1. The molecule has 1 aliphatic rings. The molecule has 7 heteroatoms. The number of likely N-dealkylation sites (tertiary alicyclic amines) is 1. The first-order valence-electron chi connectivity index (χ1n) is 6.27. The van der Waals surface area contributed by atoms with E-state index in [1.54, 1.807) is 7.05 Å². The highest BCUT2D eigenvalue weighted by molar-refractivity contribution is 5.68. The highest BCUT2D eigenvalue weighted by atomic mass is 16.6. The highest BCUT2D eigenvalue weighted by Gasteiger charge is 2.43. The Morgan fingerprint density at radius 2 is 2.21 bits per heavy atom. The number of amides is 1. The van der Waals surface area contributed by atoms with Crippen molar-refractivity contribution in [2.24, 2.45) is 7.05 Å². The van der Waals surface area contributed by atoms with Crippen molar-refractivity contribution in [2.45, 2.75) is 38.4 Å². The molecule has 1 atom stereocenters. The van der Waals surface area contributed by atoms with Crippen LogP contribution in [0.5, 0.6) is 0 Å². The molecule has 1 aromatic rings. The molecule has 1 amide bonds. The Hall–Kier alpha value is -1.63. The van der Waals surface area contributed by atoms with Crippen molar-refractivity contribution in [1.29, 1.82) is 0 Å². The van der Waals surface area contributed by atoms with Crippen molar-refractivity contribution in [3.63, 3.8) is 0 Å².